The number of benzene rings is 2. The van der Waals surface area contributed by atoms with E-state index in [-0.39, 0.29) is 18.9 Å². The number of hydrogen-bond donors (Lipinski definition) is 1. The lowest BCUT2D eigenvalue weighted by atomic mass is 10.1. The van der Waals surface area contributed by atoms with Crippen LogP contribution in [0, 0.1) is 5.92 Å². The molecule has 0 aliphatic carbocycles. The first-order chi connectivity index (χ1) is 14.0. The Balaban J connectivity index is 1.54. The lowest BCUT2D eigenvalue weighted by Crippen LogP contribution is -2.28. The van der Waals surface area contributed by atoms with Crippen molar-refractivity contribution in [2.75, 3.05) is 30.0 Å². The van der Waals surface area contributed by atoms with E-state index in [1.165, 1.54) is 4.90 Å². The van der Waals surface area contributed by atoms with Crippen LogP contribution in [-0.4, -0.2) is 37.5 Å². The normalized spacial score (nSPS) is 15.9. The van der Waals surface area contributed by atoms with E-state index in [2.05, 4.69) is 5.32 Å². The maximum atomic E-state index is 12.3. The molecule has 0 saturated carbocycles. The van der Waals surface area contributed by atoms with E-state index in [1.807, 2.05) is 6.92 Å². The Morgan fingerprint density at radius 1 is 1.17 bits per heavy atom. The summed E-state index contributed by atoms with van der Waals surface area (Å²) < 4.78 is 10.6. The smallest absolute Gasteiger partial charge is 0.311 e. The molecular weight excluding hydrogens is 396 g/mol. The summed E-state index contributed by atoms with van der Waals surface area (Å²) in [4.78, 5) is 38.2. The van der Waals surface area contributed by atoms with Crippen LogP contribution in [0.15, 0.2) is 48.5 Å². The summed E-state index contributed by atoms with van der Waals surface area (Å²) in [7, 11) is 0. The molecule has 3 rings (SSSR count). The lowest BCUT2D eigenvalue weighted by molar-refractivity contribution is -0.151. The van der Waals surface area contributed by atoms with Crippen LogP contribution in [0.4, 0.5) is 11.4 Å². The van der Waals surface area contributed by atoms with Gasteiger partial charge in [-0.1, -0.05) is 35.9 Å². The minimum atomic E-state index is -0.651. The van der Waals surface area contributed by atoms with Gasteiger partial charge in [0.25, 0.3) is 5.91 Å². The first-order valence-electron chi connectivity index (χ1n) is 9.22. The Hall–Kier alpha value is -3.06. The molecule has 0 bridgehead atoms. The van der Waals surface area contributed by atoms with Crippen LogP contribution in [0.3, 0.4) is 0 Å². The first kappa shape index (κ1) is 20.7. The summed E-state index contributed by atoms with van der Waals surface area (Å²) in [5.41, 5.74) is 1.05. The van der Waals surface area contributed by atoms with Crippen LogP contribution >= 0.6 is 11.6 Å². The van der Waals surface area contributed by atoms with Crippen molar-refractivity contribution >= 4 is 40.8 Å². The predicted octanol–water partition coefficient (Wildman–Crippen LogP) is 3.27. The van der Waals surface area contributed by atoms with Crippen molar-refractivity contribution in [3.8, 4) is 5.75 Å². The molecule has 1 aliphatic rings. The molecule has 0 aromatic heterocycles. The van der Waals surface area contributed by atoms with Gasteiger partial charge in [0.2, 0.25) is 5.91 Å². The fraction of sp³-hybridized carbons (Fsp3) is 0.286. The molecule has 1 fully saturated rings. The fourth-order valence-corrected chi connectivity index (χ4v) is 3.30. The van der Waals surface area contributed by atoms with Crippen molar-refractivity contribution < 1.29 is 23.9 Å². The Labute approximate surface area is 173 Å². The van der Waals surface area contributed by atoms with Gasteiger partial charge < -0.3 is 19.7 Å². The van der Waals surface area contributed by atoms with E-state index in [0.29, 0.717) is 28.8 Å². The van der Waals surface area contributed by atoms with Gasteiger partial charge in [-0.05, 0) is 31.2 Å². The van der Waals surface area contributed by atoms with Gasteiger partial charge in [0, 0.05) is 13.0 Å². The summed E-state index contributed by atoms with van der Waals surface area (Å²) >= 11 is 6.14. The summed E-state index contributed by atoms with van der Waals surface area (Å²) in [6, 6.07) is 13.9. The van der Waals surface area contributed by atoms with Crippen LogP contribution in [0.5, 0.6) is 5.75 Å². The van der Waals surface area contributed by atoms with Gasteiger partial charge in [-0.2, -0.15) is 0 Å². The Kier molecular flexibility index (Phi) is 6.72. The molecule has 2 aromatic rings. The number of esters is 1. The minimum Gasteiger partial charge on any atom is -0.492 e. The zero-order valence-electron chi connectivity index (χ0n) is 15.9. The van der Waals surface area contributed by atoms with Crippen LogP contribution in [0.2, 0.25) is 5.02 Å². The molecule has 1 N–H and O–H groups in total. The Morgan fingerprint density at radius 3 is 2.66 bits per heavy atom. The molecule has 1 saturated heterocycles. The van der Waals surface area contributed by atoms with E-state index in [4.69, 9.17) is 21.1 Å². The highest BCUT2D eigenvalue weighted by Crippen LogP contribution is 2.31. The molecule has 0 radical (unpaired) electrons. The molecule has 2 aromatic carbocycles. The van der Waals surface area contributed by atoms with Gasteiger partial charge in [-0.3, -0.25) is 14.4 Å². The SMILES string of the molecule is CCOc1ccccc1NC(=O)COC(=O)[C@H]1CC(=O)N(c2ccccc2Cl)C1. The van der Waals surface area contributed by atoms with E-state index in [0.717, 1.165) is 0 Å². The number of rotatable bonds is 7. The van der Waals surface area contributed by atoms with Crippen molar-refractivity contribution in [1.29, 1.82) is 0 Å². The number of hydrogen-bond acceptors (Lipinski definition) is 5. The lowest BCUT2D eigenvalue weighted by Gasteiger charge is -2.17. The molecule has 7 nitrogen and oxygen atoms in total. The van der Waals surface area contributed by atoms with Crippen LogP contribution in [-0.2, 0) is 19.1 Å². The summed E-state index contributed by atoms with van der Waals surface area (Å²) in [5, 5.41) is 3.09. The molecule has 29 heavy (non-hydrogen) atoms. The van der Waals surface area contributed by atoms with Crippen LogP contribution < -0.4 is 15.0 Å². The van der Waals surface area contributed by atoms with Gasteiger partial charge >= 0.3 is 5.97 Å². The van der Waals surface area contributed by atoms with Crippen molar-refractivity contribution in [3.63, 3.8) is 0 Å². The molecule has 152 valence electrons. The number of anilines is 2. The molecule has 1 heterocycles. The van der Waals surface area contributed by atoms with Gasteiger partial charge in [0.15, 0.2) is 6.61 Å². The second-order valence-electron chi connectivity index (χ2n) is 6.44. The summed E-state index contributed by atoms with van der Waals surface area (Å²) in [5.74, 6) is -1.41. The molecule has 1 atom stereocenters. The number of halogens is 1. The fourth-order valence-electron chi connectivity index (χ4n) is 3.06. The van der Waals surface area contributed by atoms with Crippen LogP contribution in [0.1, 0.15) is 13.3 Å². The first-order valence-corrected chi connectivity index (χ1v) is 9.60. The van der Waals surface area contributed by atoms with Gasteiger partial charge in [-0.25, -0.2) is 0 Å². The van der Waals surface area contributed by atoms with E-state index in [1.54, 1.807) is 48.5 Å². The maximum Gasteiger partial charge on any atom is 0.311 e. The van der Waals surface area contributed by atoms with Gasteiger partial charge in [0.05, 0.1) is 28.9 Å². The number of amides is 2. The van der Waals surface area contributed by atoms with Crippen molar-refractivity contribution in [3.05, 3.63) is 53.6 Å². The number of nitrogens with zero attached hydrogens (tertiary/aromatic N) is 1. The topological polar surface area (TPSA) is 84.9 Å². The second kappa shape index (κ2) is 9.43. The Morgan fingerprint density at radius 2 is 1.90 bits per heavy atom. The monoisotopic (exact) mass is 416 g/mol. The highest BCUT2D eigenvalue weighted by molar-refractivity contribution is 6.33. The molecular formula is C21H21ClN2O5. The zero-order chi connectivity index (χ0) is 20.8. The average Bonchev–Trinajstić information content (AvgIpc) is 3.10. The highest BCUT2D eigenvalue weighted by Gasteiger charge is 2.37. The minimum absolute atomic E-state index is 0.0127. The maximum absolute atomic E-state index is 12.3. The zero-order valence-corrected chi connectivity index (χ0v) is 16.6. The molecule has 1 aliphatic heterocycles. The third-order valence-corrected chi connectivity index (χ3v) is 4.73. The average molecular weight is 417 g/mol. The number of carbonyl (C=O) groups is 3. The number of carbonyl (C=O) groups excluding carboxylic acids is 3. The Bertz CT molecular complexity index is 917. The third kappa shape index (κ3) is 5.06. The standard InChI is InChI=1S/C21H21ClN2O5/c1-2-28-18-10-6-4-8-16(18)23-19(25)13-29-21(27)14-11-20(26)24(12-14)17-9-5-3-7-15(17)22/h3-10,14H,2,11-13H2,1H3,(H,23,25)/t14-/m0/s1. The number of para-hydroxylation sites is 3. The largest absolute Gasteiger partial charge is 0.492 e. The number of ether oxygens (including phenoxy) is 2. The van der Waals surface area contributed by atoms with Gasteiger partial charge in [-0.15, -0.1) is 0 Å². The predicted molar refractivity (Wildman–Crippen MR) is 109 cm³/mol. The van der Waals surface area contributed by atoms with E-state index >= 15 is 0 Å². The molecule has 0 unspecified atom stereocenters. The summed E-state index contributed by atoms with van der Waals surface area (Å²) in [6.07, 6.45) is 0.0127. The quantitative estimate of drug-likeness (QED) is 0.700. The third-order valence-electron chi connectivity index (χ3n) is 4.41. The van der Waals surface area contributed by atoms with E-state index < -0.39 is 24.4 Å². The van der Waals surface area contributed by atoms with E-state index in [9.17, 15) is 14.4 Å². The molecule has 2 amide bonds. The van der Waals surface area contributed by atoms with Gasteiger partial charge in [0.1, 0.15) is 5.75 Å². The van der Waals surface area contributed by atoms with Crippen molar-refractivity contribution in [2.24, 2.45) is 5.92 Å². The highest BCUT2D eigenvalue weighted by atomic mass is 35.5. The van der Waals surface area contributed by atoms with Crippen molar-refractivity contribution in [2.45, 2.75) is 13.3 Å². The molecule has 8 heteroatoms. The number of nitrogens with one attached hydrogen (secondary N) is 1. The molecule has 0 spiro atoms. The second-order valence-corrected chi connectivity index (χ2v) is 6.85. The van der Waals surface area contributed by atoms with Crippen LogP contribution in [0.25, 0.3) is 0 Å². The van der Waals surface area contributed by atoms with Crippen molar-refractivity contribution in [1.82, 2.24) is 0 Å². The summed E-state index contributed by atoms with van der Waals surface area (Å²) in [6.45, 7) is 2.01.